The highest BCUT2D eigenvalue weighted by molar-refractivity contribution is 5.95. The number of halogens is 1. The van der Waals surface area contributed by atoms with E-state index in [0.717, 1.165) is 0 Å². The third kappa shape index (κ3) is 4.00. The molecule has 6 nitrogen and oxygen atoms in total. The number of aliphatic hydroxyl groups is 1. The van der Waals surface area contributed by atoms with Crippen molar-refractivity contribution in [3.05, 3.63) is 53.3 Å². The van der Waals surface area contributed by atoms with Gasteiger partial charge in [0, 0.05) is 18.7 Å². The second-order valence-corrected chi connectivity index (χ2v) is 7.33. The van der Waals surface area contributed by atoms with Gasteiger partial charge >= 0.3 is 0 Å². The van der Waals surface area contributed by atoms with Crippen LogP contribution in [0.4, 0.5) is 4.39 Å². The van der Waals surface area contributed by atoms with Gasteiger partial charge in [0.25, 0.3) is 5.91 Å². The van der Waals surface area contributed by atoms with E-state index in [0.29, 0.717) is 67.5 Å². The van der Waals surface area contributed by atoms with Gasteiger partial charge in [-0.25, -0.2) is 4.39 Å². The molecule has 0 spiro atoms. The van der Waals surface area contributed by atoms with E-state index in [4.69, 9.17) is 14.2 Å². The van der Waals surface area contributed by atoms with Crippen LogP contribution in [0.15, 0.2) is 36.4 Å². The molecule has 154 valence electrons. The van der Waals surface area contributed by atoms with Crippen LogP contribution in [0.3, 0.4) is 0 Å². The molecule has 1 saturated heterocycles. The number of carbonyl (C=O) groups excluding carboxylic acids is 1. The predicted octanol–water partition coefficient (Wildman–Crippen LogP) is 3.19. The standard InChI is InChI=1S/C22H24FNO5/c1-27-18-12-16(13-19-21(18)29-11-10-28-19)22(26)24-8-6-15(7-9-24)20(25)14-2-4-17(23)5-3-14/h2-5,12-13,15,20,25H,6-11H2,1H3/t20-/m0/s1. The van der Waals surface area contributed by atoms with Crippen molar-refractivity contribution < 1.29 is 28.5 Å². The number of nitrogens with zero attached hydrogens (tertiary/aromatic N) is 1. The molecule has 2 aliphatic heterocycles. The maximum atomic E-state index is 13.1. The Hall–Kier alpha value is -2.80. The van der Waals surface area contributed by atoms with Gasteiger partial charge < -0.3 is 24.2 Å². The highest BCUT2D eigenvalue weighted by Gasteiger charge is 2.30. The summed E-state index contributed by atoms with van der Waals surface area (Å²) in [5.41, 5.74) is 1.19. The van der Waals surface area contributed by atoms with Gasteiger partial charge in [-0.15, -0.1) is 0 Å². The summed E-state index contributed by atoms with van der Waals surface area (Å²) >= 11 is 0. The van der Waals surface area contributed by atoms with Gasteiger partial charge in [0.1, 0.15) is 19.0 Å². The Morgan fingerprint density at radius 2 is 1.86 bits per heavy atom. The van der Waals surface area contributed by atoms with Gasteiger partial charge in [-0.05, 0) is 48.6 Å². The summed E-state index contributed by atoms with van der Waals surface area (Å²) in [5.74, 6) is 1.12. The maximum absolute atomic E-state index is 13.1. The van der Waals surface area contributed by atoms with Crippen molar-refractivity contribution in [3.63, 3.8) is 0 Å². The number of likely N-dealkylation sites (tertiary alicyclic amines) is 1. The van der Waals surface area contributed by atoms with Crippen molar-refractivity contribution in [2.75, 3.05) is 33.4 Å². The van der Waals surface area contributed by atoms with Gasteiger partial charge in [-0.2, -0.15) is 0 Å². The molecule has 0 unspecified atom stereocenters. The molecule has 0 bridgehead atoms. The lowest BCUT2D eigenvalue weighted by atomic mass is 9.87. The van der Waals surface area contributed by atoms with Crippen LogP contribution in [-0.4, -0.2) is 49.3 Å². The predicted molar refractivity (Wildman–Crippen MR) is 104 cm³/mol. The fourth-order valence-electron chi connectivity index (χ4n) is 3.93. The molecule has 0 aromatic heterocycles. The number of rotatable bonds is 4. The minimum absolute atomic E-state index is 0.0271. The number of piperidine rings is 1. The first-order valence-corrected chi connectivity index (χ1v) is 9.77. The number of hydrogen-bond acceptors (Lipinski definition) is 5. The van der Waals surface area contributed by atoms with Crippen molar-refractivity contribution in [2.45, 2.75) is 18.9 Å². The second-order valence-electron chi connectivity index (χ2n) is 7.33. The molecule has 2 heterocycles. The number of ether oxygens (including phenoxy) is 3. The minimum atomic E-state index is -0.665. The summed E-state index contributed by atoms with van der Waals surface area (Å²) in [6.45, 7) is 1.96. The first kappa shape index (κ1) is 19.5. The normalized spacial score (nSPS) is 17.7. The molecule has 2 aromatic carbocycles. The molecule has 1 N–H and O–H groups in total. The molecule has 29 heavy (non-hydrogen) atoms. The van der Waals surface area contributed by atoms with Crippen LogP contribution in [0.1, 0.15) is 34.9 Å². The summed E-state index contributed by atoms with van der Waals surface area (Å²) < 4.78 is 29.7. The summed E-state index contributed by atoms with van der Waals surface area (Å²) in [5, 5.41) is 10.6. The zero-order valence-corrected chi connectivity index (χ0v) is 16.3. The number of amides is 1. The zero-order chi connectivity index (χ0) is 20.4. The van der Waals surface area contributed by atoms with E-state index in [-0.39, 0.29) is 17.6 Å². The van der Waals surface area contributed by atoms with Crippen LogP contribution < -0.4 is 14.2 Å². The van der Waals surface area contributed by atoms with Crippen LogP contribution in [0.2, 0.25) is 0 Å². The number of aliphatic hydroxyl groups excluding tert-OH is 1. The highest BCUT2D eigenvalue weighted by Crippen LogP contribution is 2.41. The summed E-state index contributed by atoms with van der Waals surface area (Å²) in [4.78, 5) is 14.8. The Kier molecular flexibility index (Phi) is 5.58. The Balaban J connectivity index is 1.43. The fourth-order valence-corrected chi connectivity index (χ4v) is 3.93. The molecule has 1 amide bonds. The molecule has 4 rings (SSSR count). The summed E-state index contributed by atoms with van der Waals surface area (Å²) in [7, 11) is 1.53. The zero-order valence-electron chi connectivity index (χ0n) is 16.3. The number of methoxy groups -OCH3 is 1. The number of fused-ring (bicyclic) bond motifs is 1. The SMILES string of the molecule is COc1cc(C(=O)N2CCC([C@@H](O)c3ccc(F)cc3)CC2)cc2c1OCCO2. The van der Waals surface area contributed by atoms with Gasteiger partial charge in [-0.3, -0.25) is 4.79 Å². The summed E-state index contributed by atoms with van der Waals surface area (Å²) in [6, 6.07) is 9.30. The van der Waals surface area contributed by atoms with E-state index in [1.165, 1.54) is 19.2 Å². The lowest BCUT2D eigenvalue weighted by Crippen LogP contribution is -2.39. The smallest absolute Gasteiger partial charge is 0.254 e. The second kappa shape index (κ2) is 8.29. The van der Waals surface area contributed by atoms with E-state index in [1.54, 1.807) is 29.2 Å². The van der Waals surface area contributed by atoms with Crippen molar-refractivity contribution >= 4 is 5.91 Å². The first-order chi connectivity index (χ1) is 14.1. The van der Waals surface area contributed by atoms with E-state index in [2.05, 4.69) is 0 Å². The van der Waals surface area contributed by atoms with E-state index in [1.807, 2.05) is 0 Å². The minimum Gasteiger partial charge on any atom is -0.493 e. The van der Waals surface area contributed by atoms with Crippen LogP contribution >= 0.6 is 0 Å². The Labute approximate surface area is 168 Å². The lowest BCUT2D eigenvalue weighted by Gasteiger charge is -2.34. The fraction of sp³-hybridized carbons (Fsp3) is 0.409. The quantitative estimate of drug-likeness (QED) is 0.852. The van der Waals surface area contributed by atoms with Crippen molar-refractivity contribution in [1.29, 1.82) is 0 Å². The van der Waals surface area contributed by atoms with E-state index in [9.17, 15) is 14.3 Å². The Morgan fingerprint density at radius 3 is 2.55 bits per heavy atom. The highest BCUT2D eigenvalue weighted by atomic mass is 19.1. The Morgan fingerprint density at radius 1 is 1.17 bits per heavy atom. The topological polar surface area (TPSA) is 68.2 Å². The monoisotopic (exact) mass is 401 g/mol. The molecule has 1 fully saturated rings. The lowest BCUT2D eigenvalue weighted by molar-refractivity contribution is 0.0461. The molecule has 0 radical (unpaired) electrons. The van der Waals surface area contributed by atoms with Gasteiger partial charge in [-0.1, -0.05) is 12.1 Å². The first-order valence-electron chi connectivity index (χ1n) is 9.77. The third-order valence-electron chi connectivity index (χ3n) is 5.56. The molecular formula is C22H24FNO5. The molecule has 2 aromatic rings. The number of hydrogen-bond donors (Lipinski definition) is 1. The molecule has 0 saturated carbocycles. The van der Waals surface area contributed by atoms with Crippen LogP contribution in [-0.2, 0) is 0 Å². The van der Waals surface area contributed by atoms with Gasteiger partial charge in [0.05, 0.1) is 13.2 Å². The van der Waals surface area contributed by atoms with Crippen LogP contribution in [0.5, 0.6) is 17.2 Å². The molecular weight excluding hydrogens is 377 g/mol. The van der Waals surface area contributed by atoms with E-state index < -0.39 is 6.10 Å². The molecule has 0 aliphatic carbocycles. The maximum Gasteiger partial charge on any atom is 0.254 e. The molecule has 1 atom stereocenters. The van der Waals surface area contributed by atoms with Crippen LogP contribution in [0.25, 0.3) is 0 Å². The third-order valence-corrected chi connectivity index (χ3v) is 5.56. The largest absolute Gasteiger partial charge is 0.493 e. The molecule has 7 heteroatoms. The van der Waals surface area contributed by atoms with Gasteiger partial charge in [0.15, 0.2) is 11.5 Å². The van der Waals surface area contributed by atoms with Crippen molar-refractivity contribution in [1.82, 2.24) is 4.90 Å². The van der Waals surface area contributed by atoms with Gasteiger partial charge in [0.2, 0.25) is 5.75 Å². The van der Waals surface area contributed by atoms with Crippen molar-refractivity contribution in [3.8, 4) is 17.2 Å². The van der Waals surface area contributed by atoms with Crippen LogP contribution in [0, 0.1) is 11.7 Å². The Bertz CT molecular complexity index is 860. The van der Waals surface area contributed by atoms with E-state index >= 15 is 0 Å². The number of benzene rings is 2. The number of carbonyl (C=O) groups is 1. The van der Waals surface area contributed by atoms with Crippen molar-refractivity contribution in [2.24, 2.45) is 5.92 Å². The summed E-state index contributed by atoms with van der Waals surface area (Å²) in [6.07, 6.45) is 0.681. The average molecular weight is 401 g/mol. The average Bonchev–Trinajstić information content (AvgIpc) is 2.78. The molecule has 2 aliphatic rings.